The first kappa shape index (κ1) is 21.0. The minimum atomic E-state index is -0.466. The van der Waals surface area contributed by atoms with Gasteiger partial charge >= 0.3 is 6.09 Å². The van der Waals surface area contributed by atoms with Crippen LogP contribution in [0.4, 0.5) is 4.79 Å². The molecule has 0 spiro atoms. The van der Waals surface area contributed by atoms with Crippen molar-refractivity contribution in [3.05, 3.63) is 0 Å². The molecular formula is C20H37N3O3. The summed E-state index contributed by atoms with van der Waals surface area (Å²) in [5.74, 6) is 0.785. The minimum absolute atomic E-state index is 0.129. The summed E-state index contributed by atoms with van der Waals surface area (Å²) >= 11 is 0. The van der Waals surface area contributed by atoms with Crippen molar-refractivity contribution in [1.82, 2.24) is 15.5 Å². The van der Waals surface area contributed by atoms with Gasteiger partial charge in [-0.25, -0.2) is 4.79 Å². The number of likely N-dealkylation sites (tertiary alicyclic amines) is 1. The molecule has 150 valence electrons. The van der Waals surface area contributed by atoms with E-state index < -0.39 is 5.60 Å². The molecule has 1 aliphatic carbocycles. The highest BCUT2D eigenvalue weighted by atomic mass is 16.6. The summed E-state index contributed by atoms with van der Waals surface area (Å²) in [5, 5.41) is 6.04. The normalized spacial score (nSPS) is 27.2. The van der Waals surface area contributed by atoms with Crippen LogP contribution in [0.25, 0.3) is 0 Å². The van der Waals surface area contributed by atoms with E-state index in [0.29, 0.717) is 18.5 Å². The molecule has 1 heterocycles. The van der Waals surface area contributed by atoms with Gasteiger partial charge in [0.1, 0.15) is 5.60 Å². The van der Waals surface area contributed by atoms with Crippen molar-refractivity contribution < 1.29 is 14.3 Å². The van der Waals surface area contributed by atoms with Crippen molar-refractivity contribution in [2.45, 2.75) is 77.9 Å². The van der Waals surface area contributed by atoms with Gasteiger partial charge in [-0.15, -0.1) is 0 Å². The Bertz CT molecular complexity index is 467. The maximum absolute atomic E-state index is 12.5. The van der Waals surface area contributed by atoms with Crippen LogP contribution >= 0.6 is 0 Å². The molecule has 0 bridgehead atoms. The van der Waals surface area contributed by atoms with Crippen molar-refractivity contribution in [3.8, 4) is 0 Å². The molecular weight excluding hydrogens is 330 g/mol. The predicted molar refractivity (Wildman–Crippen MR) is 103 cm³/mol. The third-order valence-corrected chi connectivity index (χ3v) is 5.57. The summed E-state index contributed by atoms with van der Waals surface area (Å²) in [7, 11) is 0. The fourth-order valence-electron chi connectivity index (χ4n) is 4.08. The second-order valence-electron chi connectivity index (χ2n) is 8.77. The van der Waals surface area contributed by atoms with Crippen LogP contribution in [-0.4, -0.2) is 54.7 Å². The molecule has 1 saturated carbocycles. The molecule has 1 atom stereocenters. The molecule has 2 aliphatic rings. The topological polar surface area (TPSA) is 70.7 Å². The number of alkyl carbamates (subject to hydrolysis) is 1. The first-order valence-corrected chi connectivity index (χ1v) is 10.3. The number of carbonyl (C=O) groups is 2. The minimum Gasteiger partial charge on any atom is -0.444 e. The predicted octanol–water partition coefficient (Wildman–Crippen LogP) is 2.92. The molecule has 6 nitrogen and oxygen atoms in total. The standard InChI is InChI=1S/C20H37N3O3/c1-5-23-12-6-7-17(23)14-21-18(24)16-10-8-15(9-11-16)13-22-19(25)26-20(2,3)4/h15-17H,5-14H2,1-4H3,(H,21,24)(H,22,25). The van der Waals surface area contributed by atoms with E-state index in [-0.39, 0.29) is 17.9 Å². The summed E-state index contributed by atoms with van der Waals surface area (Å²) in [5.41, 5.74) is -0.466. The number of hydrogen-bond acceptors (Lipinski definition) is 4. The smallest absolute Gasteiger partial charge is 0.407 e. The van der Waals surface area contributed by atoms with Crippen molar-refractivity contribution >= 4 is 12.0 Å². The van der Waals surface area contributed by atoms with Gasteiger partial charge in [0, 0.05) is 25.0 Å². The highest BCUT2D eigenvalue weighted by Gasteiger charge is 2.28. The monoisotopic (exact) mass is 367 g/mol. The lowest BCUT2D eigenvalue weighted by atomic mass is 9.81. The van der Waals surface area contributed by atoms with Gasteiger partial charge in [-0.1, -0.05) is 6.92 Å². The molecule has 2 amide bonds. The van der Waals surface area contributed by atoms with E-state index in [1.54, 1.807) is 0 Å². The lowest BCUT2D eigenvalue weighted by Crippen LogP contribution is -2.43. The van der Waals surface area contributed by atoms with E-state index in [9.17, 15) is 9.59 Å². The summed E-state index contributed by atoms with van der Waals surface area (Å²) in [6.07, 6.45) is 5.87. The number of amides is 2. The lowest BCUT2D eigenvalue weighted by Gasteiger charge is -2.29. The second kappa shape index (κ2) is 9.58. The van der Waals surface area contributed by atoms with Crippen LogP contribution in [0.5, 0.6) is 0 Å². The highest BCUT2D eigenvalue weighted by molar-refractivity contribution is 5.78. The number of likely N-dealkylation sites (N-methyl/N-ethyl adjacent to an activating group) is 1. The highest BCUT2D eigenvalue weighted by Crippen LogP contribution is 2.28. The van der Waals surface area contributed by atoms with Crippen molar-refractivity contribution in [2.24, 2.45) is 11.8 Å². The summed E-state index contributed by atoms with van der Waals surface area (Å²) in [6, 6.07) is 0.512. The van der Waals surface area contributed by atoms with Gasteiger partial charge in [-0.2, -0.15) is 0 Å². The maximum atomic E-state index is 12.5. The van der Waals surface area contributed by atoms with Crippen LogP contribution in [0, 0.1) is 11.8 Å². The molecule has 6 heteroatoms. The van der Waals surface area contributed by atoms with Gasteiger partial charge in [0.05, 0.1) is 0 Å². The summed E-state index contributed by atoms with van der Waals surface area (Å²) in [4.78, 5) is 26.7. The van der Waals surface area contributed by atoms with E-state index in [2.05, 4.69) is 22.5 Å². The Morgan fingerprint density at radius 3 is 2.35 bits per heavy atom. The SMILES string of the molecule is CCN1CCCC1CNC(=O)C1CCC(CNC(=O)OC(C)(C)C)CC1. The maximum Gasteiger partial charge on any atom is 0.407 e. The van der Waals surface area contributed by atoms with Crippen LogP contribution in [0.1, 0.15) is 66.2 Å². The molecule has 0 aromatic heterocycles. The Balaban J connectivity index is 1.63. The van der Waals surface area contributed by atoms with Gasteiger partial charge in [0.15, 0.2) is 0 Å². The number of nitrogens with zero attached hydrogens (tertiary/aromatic N) is 1. The van der Waals surface area contributed by atoms with Crippen LogP contribution in [-0.2, 0) is 9.53 Å². The Morgan fingerprint density at radius 2 is 1.73 bits per heavy atom. The second-order valence-corrected chi connectivity index (χ2v) is 8.77. The van der Waals surface area contributed by atoms with Crippen molar-refractivity contribution in [3.63, 3.8) is 0 Å². The molecule has 26 heavy (non-hydrogen) atoms. The van der Waals surface area contributed by atoms with E-state index in [1.807, 2.05) is 20.8 Å². The van der Waals surface area contributed by atoms with Gasteiger partial charge in [0.2, 0.25) is 5.91 Å². The molecule has 2 rings (SSSR count). The zero-order valence-corrected chi connectivity index (χ0v) is 17.0. The fourth-order valence-corrected chi connectivity index (χ4v) is 4.08. The van der Waals surface area contributed by atoms with Crippen molar-refractivity contribution in [2.75, 3.05) is 26.2 Å². The average molecular weight is 368 g/mol. The van der Waals surface area contributed by atoms with Crippen molar-refractivity contribution in [1.29, 1.82) is 0 Å². The largest absolute Gasteiger partial charge is 0.444 e. The van der Waals surface area contributed by atoms with E-state index in [4.69, 9.17) is 4.74 Å². The number of ether oxygens (including phenoxy) is 1. The van der Waals surface area contributed by atoms with E-state index in [0.717, 1.165) is 45.3 Å². The Kier molecular flexibility index (Phi) is 7.74. The molecule has 0 radical (unpaired) electrons. The molecule has 0 aromatic carbocycles. The first-order chi connectivity index (χ1) is 12.3. The first-order valence-electron chi connectivity index (χ1n) is 10.3. The number of carbonyl (C=O) groups excluding carboxylic acids is 2. The van der Waals surface area contributed by atoms with Gasteiger partial charge in [0.25, 0.3) is 0 Å². The summed E-state index contributed by atoms with van der Waals surface area (Å²) in [6.45, 7) is 11.4. The van der Waals surface area contributed by atoms with Gasteiger partial charge in [-0.3, -0.25) is 9.69 Å². The number of hydrogen-bond donors (Lipinski definition) is 2. The number of rotatable bonds is 6. The lowest BCUT2D eigenvalue weighted by molar-refractivity contribution is -0.126. The van der Waals surface area contributed by atoms with E-state index in [1.165, 1.54) is 12.8 Å². The average Bonchev–Trinajstić information content (AvgIpc) is 3.04. The number of nitrogens with one attached hydrogen (secondary N) is 2. The van der Waals surface area contributed by atoms with Crippen LogP contribution in [0.3, 0.4) is 0 Å². The quantitative estimate of drug-likeness (QED) is 0.757. The van der Waals surface area contributed by atoms with Crippen LogP contribution in [0.15, 0.2) is 0 Å². The van der Waals surface area contributed by atoms with Gasteiger partial charge < -0.3 is 15.4 Å². The third kappa shape index (κ3) is 6.78. The molecule has 2 fully saturated rings. The summed E-state index contributed by atoms with van der Waals surface area (Å²) < 4.78 is 5.27. The third-order valence-electron chi connectivity index (χ3n) is 5.57. The zero-order chi connectivity index (χ0) is 19.2. The Morgan fingerprint density at radius 1 is 1.04 bits per heavy atom. The molecule has 1 aliphatic heterocycles. The Labute approximate surface area is 158 Å². The molecule has 1 saturated heterocycles. The zero-order valence-electron chi connectivity index (χ0n) is 17.0. The van der Waals surface area contributed by atoms with Crippen LogP contribution in [0.2, 0.25) is 0 Å². The fraction of sp³-hybridized carbons (Fsp3) is 0.900. The van der Waals surface area contributed by atoms with Gasteiger partial charge in [-0.05, 0) is 78.3 Å². The molecule has 0 aromatic rings. The van der Waals surface area contributed by atoms with E-state index >= 15 is 0 Å². The van der Waals surface area contributed by atoms with Crippen LogP contribution < -0.4 is 10.6 Å². The Hall–Kier alpha value is -1.30. The molecule has 1 unspecified atom stereocenters. The molecule has 2 N–H and O–H groups in total.